The lowest BCUT2D eigenvalue weighted by atomic mass is 10.1. The van der Waals surface area contributed by atoms with Gasteiger partial charge in [0.05, 0.1) is 6.54 Å². The number of rotatable bonds is 3. The fourth-order valence-corrected chi connectivity index (χ4v) is 2.38. The molecule has 22 heavy (non-hydrogen) atoms. The van der Waals surface area contributed by atoms with Crippen LogP contribution >= 0.6 is 0 Å². The van der Waals surface area contributed by atoms with Crippen molar-refractivity contribution in [3.63, 3.8) is 0 Å². The van der Waals surface area contributed by atoms with E-state index in [4.69, 9.17) is 5.73 Å². The Morgan fingerprint density at radius 3 is 2.55 bits per heavy atom. The van der Waals surface area contributed by atoms with Crippen LogP contribution in [0.5, 0.6) is 0 Å². The van der Waals surface area contributed by atoms with Crippen LogP contribution in [0.2, 0.25) is 0 Å². The standard InChI is InChI=1S/C13H19N5O4/c1-16-11(14)10(12(21)17(2)13(16)22)8(19)7-18-5-3-9(20)15-4-6-18/h3-7,14H2,1-2H3,(H,15,20). The van der Waals surface area contributed by atoms with Crippen molar-refractivity contribution in [1.29, 1.82) is 0 Å². The summed E-state index contributed by atoms with van der Waals surface area (Å²) in [6.07, 6.45) is 0.300. The molecule has 0 spiro atoms. The molecular formula is C13H19N5O4. The first kappa shape index (κ1) is 16.0. The molecule has 0 unspecified atom stereocenters. The predicted octanol–water partition coefficient (Wildman–Crippen LogP) is -2.33. The molecule has 0 radical (unpaired) electrons. The van der Waals surface area contributed by atoms with Crippen LogP contribution in [0, 0.1) is 0 Å². The number of nitrogen functional groups attached to an aromatic ring is 1. The van der Waals surface area contributed by atoms with E-state index in [9.17, 15) is 19.2 Å². The minimum atomic E-state index is -0.699. The van der Waals surface area contributed by atoms with Gasteiger partial charge in [-0.15, -0.1) is 0 Å². The van der Waals surface area contributed by atoms with Gasteiger partial charge in [-0.3, -0.25) is 28.4 Å². The number of anilines is 1. The molecular weight excluding hydrogens is 290 g/mol. The lowest BCUT2D eigenvalue weighted by molar-refractivity contribution is -0.120. The number of nitrogens with one attached hydrogen (secondary N) is 1. The molecule has 1 aliphatic rings. The van der Waals surface area contributed by atoms with Crippen molar-refractivity contribution in [2.24, 2.45) is 14.1 Å². The summed E-state index contributed by atoms with van der Waals surface area (Å²) < 4.78 is 1.93. The average Bonchev–Trinajstić information content (AvgIpc) is 2.68. The van der Waals surface area contributed by atoms with Crippen molar-refractivity contribution in [3.8, 4) is 0 Å². The fraction of sp³-hybridized carbons (Fsp3) is 0.538. The molecule has 2 rings (SSSR count). The highest BCUT2D eigenvalue weighted by molar-refractivity contribution is 6.01. The first-order chi connectivity index (χ1) is 10.3. The third-order valence-corrected chi connectivity index (χ3v) is 3.76. The van der Waals surface area contributed by atoms with E-state index in [1.807, 2.05) is 0 Å². The molecule has 1 fully saturated rings. The molecule has 0 aliphatic carbocycles. The third-order valence-electron chi connectivity index (χ3n) is 3.76. The van der Waals surface area contributed by atoms with Crippen molar-refractivity contribution in [1.82, 2.24) is 19.4 Å². The van der Waals surface area contributed by atoms with Crippen LogP contribution in [0.25, 0.3) is 0 Å². The highest BCUT2D eigenvalue weighted by Crippen LogP contribution is 2.06. The van der Waals surface area contributed by atoms with Crippen LogP contribution in [0.1, 0.15) is 16.8 Å². The SMILES string of the molecule is Cn1c(N)c(C(=O)CN2CCNC(=O)CC2)c(=O)n(C)c1=O. The van der Waals surface area contributed by atoms with Gasteiger partial charge in [-0.2, -0.15) is 0 Å². The smallest absolute Gasteiger partial charge is 0.332 e. The van der Waals surface area contributed by atoms with E-state index >= 15 is 0 Å². The average molecular weight is 309 g/mol. The van der Waals surface area contributed by atoms with Gasteiger partial charge >= 0.3 is 5.69 Å². The van der Waals surface area contributed by atoms with Gasteiger partial charge in [0.15, 0.2) is 5.78 Å². The Hall–Kier alpha value is -2.42. The molecule has 2 heterocycles. The van der Waals surface area contributed by atoms with Crippen LogP contribution in [0.15, 0.2) is 9.59 Å². The Labute approximate surface area is 126 Å². The van der Waals surface area contributed by atoms with Crippen LogP contribution < -0.4 is 22.3 Å². The Balaban J connectivity index is 2.29. The molecule has 1 amide bonds. The van der Waals surface area contributed by atoms with Gasteiger partial charge in [0.1, 0.15) is 11.4 Å². The number of ketones is 1. The van der Waals surface area contributed by atoms with E-state index < -0.39 is 17.0 Å². The number of nitrogens with two attached hydrogens (primary N) is 1. The summed E-state index contributed by atoms with van der Waals surface area (Å²) in [5, 5.41) is 2.71. The quantitative estimate of drug-likeness (QED) is 0.604. The molecule has 120 valence electrons. The summed E-state index contributed by atoms with van der Waals surface area (Å²) >= 11 is 0. The zero-order chi connectivity index (χ0) is 16.4. The Morgan fingerprint density at radius 1 is 1.18 bits per heavy atom. The summed E-state index contributed by atoms with van der Waals surface area (Å²) in [7, 11) is 2.71. The number of hydrogen-bond donors (Lipinski definition) is 2. The zero-order valence-electron chi connectivity index (χ0n) is 12.6. The molecule has 0 bridgehead atoms. The molecule has 1 saturated heterocycles. The summed E-state index contributed by atoms with van der Waals surface area (Å²) in [6.45, 7) is 1.38. The number of hydrogen-bond acceptors (Lipinski definition) is 6. The summed E-state index contributed by atoms with van der Waals surface area (Å²) in [6, 6.07) is 0. The van der Waals surface area contributed by atoms with Gasteiger partial charge in [-0.1, -0.05) is 0 Å². The van der Waals surface area contributed by atoms with Crippen LogP contribution in [0.4, 0.5) is 5.82 Å². The summed E-state index contributed by atoms with van der Waals surface area (Å²) in [5.74, 6) is -0.655. The van der Waals surface area contributed by atoms with Gasteiger partial charge in [0.25, 0.3) is 5.56 Å². The maximum atomic E-state index is 12.4. The summed E-state index contributed by atoms with van der Waals surface area (Å²) in [4.78, 5) is 49.3. The second kappa shape index (κ2) is 6.14. The largest absolute Gasteiger partial charge is 0.384 e. The van der Waals surface area contributed by atoms with E-state index in [-0.39, 0.29) is 23.8 Å². The minimum absolute atomic E-state index is 0.0212. The van der Waals surface area contributed by atoms with Crippen molar-refractivity contribution in [3.05, 3.63) is 26.4 Å². The number of carbonyl (C=O) groups excluding carboxylic acids is 2. The Morgan fingerprint density at radius 2 is 1.86 bits per heavy atom. The maximum absolute atomic E-state index is 12.4. The van der Waals surface area contributed by atoms with E-state index in [1.54, 1.807) is 4.90 Å². The molecule has 0 saturated carbocycles. The molecule has 1 aromatic rings. The van der Waals surface area contributed by atoms with Crippen LogP contribution in [-0.2, 0) is 18.9 Å². The lowest BCUT2D eigenvalue weighted by Gasteiger charge is -2.18. The number of aromatic nitrogens is 2. The zero-order valence-corrected chi connectivity index (χ0v) is 12.6. The normalized spacial score (nSPS) is 16.2. The Bertz CT molecular complexity index is 733. The summed E-state index contributed by atoms with van der Waals surface area (Å²) in [5.41, 5.74) is 4.29. The molecule has 3 N–H and O–H groups in total. The fourth-order valence-electron chi connectivity index (χ4n) is 2.38. The van der Waals surface area contributed by atoms with Gasteiger partial charge in [-0.25, -0.2) is 4.79 Å². The minimum Gasteiger partial charge on any atom is -0.384 e. The molecule has 0 atom stereocenters. The predicted molar refractivity (Wildman–Crippen MR) is 79.7 cm³/mol. The molecule has 9 heteroatoms. The Kier molecular flexibility index (Phi) is 4.45. The number of amides is 1. The maximum Gasteiger partial charge on any atom is 0.332 e. The van der Waals surface area contributed by atoms with E-state index in [2.05, 4.69) is 5.32 Å². The third kappa shape index (κ3) is 2.93. The number of carbonyl (C=O) groups is 2. The monoisotopic (exact) mass is 309 g/mol. The number of Topliss-reactive ketones (excluding diaryl/α,β-unsaturated/α-hetero) is 1. The molecule has 0 aromatic carbocycles. The lowest BCUT2D eigenvalue weighted by Crippen LogP contribution is -2.43. The highest BCUT2D eigenvalue weighted by atomic mass is 16.2. The van der Waals surface area contributed by atoms with Crippen molar-refractivity contribution >= 4 is 17.5 Å². The van der Waals surface area contributed by atoms with E-state index in [0.29, 0.717) is 26.1 Å². The van der Waals surface area contributed by atoms with Crippen molar-refractivity contribution in [2.75, 3.05) is 31.9 Å². The van der Waals surface area contributed by atoms with Crippen LogP contribution in [0.3, 0.4) is 0 Å². The highest BCUT2D eigenvalue weighted by Gasteiger charge is 2.23. The second-order valence-electron chi connectivity index (χ2n) is 5.27. The van der Waals surface area contributed by atoms with Gasteiger partial charge in [0, 0.05) is 40.2 Å². The molecule has 1 aliphatic heterocycles. The van der Waals surface area contributed by atoms with Crippen molar-refractivity contribution in [2.45, 2.75) is 6.42 Å². The second-order valence-corrected chi connectivity index (χ2v) is 5.27. The van der Waals surface area contributed by atoms with Gasteiger partial charge < -0.3 is 11.1 Å². The first-order valence-corrected chi connectivity index (χ1v) is 6.90. The first-order valence-electron chi connectivity index (χ1n) is 6.90. The molecule has 1 aromatic heterocycles. The van der Waals surface area contributed by atoms with Gasteiger partial charge in [0.2, 0.25) is 5.91 Å². The van der Waals surface area contributed by atoms with E-state index in [1.165, 1.54) is 14.1 Å². The van der Waals surface area contributed by atoms with Gasteiger partial charge in [-0.05, 0) is 0 Å². The van der Waals surface area contributed by atoms with Crippen molar-refractivity contribution < 1.29 is 9.59 Å². The molecule has 9 nitrogen and oxygen atoms in total. The number of nitrogens with zero attached hydrogens (tertiary/aromatic N) is 3. The van der Waals surface area contributed by atoms with Crippen LogP contribution in [-0.4, -0.2) is 51.9 Å². The van der Waals surface area contributed by atoms with E-state index in [0.717, 1.165) is 9.13 Å². The topological polar surface area (TPSA) is 119 Å².